The summed E-state index contributed by atoms with van der Waals surface area (Å²) < 4.78 is 3.11. The van der Waals surface area contributed by atoms with Gasteiger partial charge in [0.1, 0.15) is 0 Å². The fourth-order valence-corrected chi connectivity index (χ4v) is 3.07. The zero-order valence-corrected chi connectivity index (χ0v) is 14.2. The second kappa shape index (κ2) is 6.10. The lowest BCUT2D eigenvalue weighted by molar-refractivity contribution is 0.585. The minimum absolute atomic E-state index is 0.00620. The van der Waals surface area contributed by atoms with Crippen molar-refractivity contribution in [3.8, 4) is 0 Å². The largest absolute Gasteiger partial charge is 0.324 e. The highest BCUT2D eigenvalue weighted by Crippen LogP contribution is 2.27. The van der Waals surface area contributed by atoms with E-state index in [1.165, 1.54) is 22.4 Å². The van der Waals surface area contributed by atoms with E-state index in [0.717, 1.165) is 23.1 Å². The van der Waals surface area contributed by atoms with Gasteiger partial charge in [-0.05, 0) is 54.8 Å². The van der Waals surface area contributed by atoms with Crippen LogP contribution >= 0.6 is 15.9 Å². The van der Waals surface area contributed by atoms with Gasteiger partial charge in [0.2, 0.25) is 0 Å². The van der Waals surface area contributed by atoms with Crippen LogP contribution in [0.15, 0.2) is 22.7 Å². The van der Waals surface area contributed by atoms with Crippen molar-refractivity contribution in [2.24, 2.45) is 5.73 Å². The molecule has 1 aromatic carbocycles. The van der Waals surface area contributed by atoms with Gasteiger partial charge in [-0.25, -0.2) is 0 Å². The molecule has 1 unspecified atom stereocenters. The van der Waals surface area contributed by atoms with E-state index in [0.29, 0.717) is 0 Å². The van der Waals surface area contributed by atoms with Crippen molar-refractivity contribution in [2.45, 2.75) is 46.7 Å². The Bertz CT molecular complexity index is 616. The highest BCUT2D eigenvalue weighted by Gasteiger charge is 2.17. The zero-order chi connectivity index (χ0) is 14.9. The molecule has 0 saturated heterocycles. The number of hydrogen-bond acceptors (Lipinski definition) is 2. The highest BCUT2D eigenvalue weighted by molar-refractivity contribution is 9.10. The van der Waals surface area contributed by atoms with Gasteiger partial charge in [-0.2, -0.15) is 5.10 Å². The van der Waals surface area contributed by atoms with Crippen molar-refractivity contribution in [1.29, 1.82) is 0 Å². The van der Waals surface area contributed by atoms with Gasteiger partial charge in [0, 0.05) is 19.0 Å². The Morgan fingerprint density at radius 3 is 2.60 bits per heavy atom. The van der Waals surface area contributed by atoms with E-state index < -0.39 is 0 Å². The molecular weight excluding hydrogens is 314 g/mol. The van der Waals surface area contributed by atoms with Crippen LogP contribution in [0.3, 0.4) is 0 Å². The summed E-state index contributed by atoms with van der Waals surface area (Å²) in [6.07, 6.45) is 0.791. The van der Waals surface area contributed by atoms with Crippen molar-refractivity contribution in [3.05, 3.63) is 50.8 Å². The first-order valence-electron chi connectivity index (χ1n) is 6.98. The van der Waals surface area contributed by atoms with Gasteiger partial charge < -0.3 is 5.73 Å². The Morgan fingerprint density at radius 1 is 1.30 bits per heavy atom. The molecule has 108 valence electrons. The maximum absolute atomic E-state index is 6.42. The number of benzene rings is 1. The van der Waals surface area contributed by atoms with Gasteiger partial charge in [-0.3, -0.25) is 4.68 Å². The summed E-state index contributed by atoms with van der Waals surface area (Å²) in [6, 6.07) is 6.45. The molecule has 2 N–H and O–H groups in total. The summed E-state index contributed by atoms with van der Waals surface area (Å²) >= 11 is 3.63. The minimum Gasteiger partial charge on any atom is -0.324 e. The molecule has 0 aliphatic rings. The fourth-order valence-electron chi connectivity index (χ4n) is 2.62. The van der Waals surface area contributed by atoms with Gasteiger partial charge in [0.25, 0.3) is 0 Å². The number of rotatable bonds is 4. The van der Waals surface area contributed by atoms with Crippen molar-refractivity contribution in [3.63, 3.8) is 0 Å². The molecule has 0 bridgehead atoms. The van der Waals surface area contributed by atoms with Gasteiger partial charge in [-0.1, -0.05) is 23.8 Å². The monoisotopic (exact) mass is 335 g/mol. The SMILES string of the molecule is CCn1nc(C)c(Br)c1CC(N)c1ccc(C)cc1C. The molecule has 0 radical (unpaired) electrons. The quantitative estimate of drug-likeness (QED) is 0.922. The summed E-state index contributed by atoms with van der Waals surface area (Å²) in [7, 11) is 0. The molecule has 3 nitrogen and oxygen atoms in total. The van der Waals surface area contributed by atoms with Gasteiger partial charge in [0.15, 0.2) is 0 Å². The van der Waals surface area contributed by atoms with Crippen molar-refractivity contribution >= 4 is 15.9 Å². The molecule has 1 atom stereocenters. The maximum atomic E-state index is 6.42. The first-order valence-corrected chi connectivity index (χ1v) is 7.77. The molecule has 0 saturated carbocycles. The third kappa shape index (κ3) is 2.96. The van der Waals surface area contributed by atoms with Crippen LogP contribution in [0, 0.1) is 20.8 Å². The minimum atomic E-state index is -0.00620. The van der Waals surface area contributed by atoms with E-state index in [2.05, 4.69) is 60.0 Å². The molecule has 2 aromatic rings. The predicted octanol–water partition coefficient (Wildman–Crippen LogP) is 3.83. The Hall–Kier alpha value is -1.13. The fraction of sp³-hybridized carbons (Fsp3) is 0.438. The Morgan fingerprint density at radius 2 is 2.00 bits per heavy atom. The van der Waals surface area contributed by atoms with E-state index in [9.17, 15) is 0 Å². The first kappa shape index (κ1) is 15.3. The Balaban J connectivity index is 2.30. The number of halogens is 1. The molecule has 4 heteroatoms. The summed E-state index contributed by atoms with van der Waals surface area (Å²) in [5, 5.41) is 4.53. The first-order chi connectivity index (χ1) is 9.43. The number of aryl methyl sites for hydroxylation is 4. The van der Waals surface area contributed by atoms with Crippen molar-refractivity contribution in [2.75, 3.05) is 0 Å². The van der Waals surface area contributed by atoms with E-state index in [-0.39, 0.29) is 6.04 Å². The maximum Gasteiger partial charge on any atom is 0.0738 e. The van der Waals surface area contributed by atoms with Crippen LogP contribution in [0.2, 0.25) is 0 Å². The topological polar surface area (TPSA) is 43.8 Å². The molecule has 0 fully saturated rings. The molecule has 20 heavy (non-hydrogen) atoms. The third-order valence-corrected chi connectivity index (χ3v) is 4.72. The summed E-state index contributed by atoms with van der Waals surface area (Å²) in [5.74, 6) is 0. The van der Waals surface area contributed by atoms with Gasteiger partial charge in [0.05, 0.1) is 15.9 Å². The lowest BCUT2D eigenvalue weighted by atomic mass is 9.96. The predicted molar refractivity (Wildman–Crippen MR) is 86.9 cm³/mol. The van der Waals surface area contributed by atoms with E-state index in [1.807, 2.05) is 11.6 Å². The Labute approximate surface area is 129 Å². The molecule has 0 spiro atoms. The summed E-state index contributed by atoms with van der Waals surface area (Å²) in [5.41, 5.74) is 12.4. The molecule has 1 heterocycles. The average molecular weight is 336 g/mol. The van der Waals surface area contributed by atoms with Crippen molar-refractivity contribution < 1.29 is 0 Å². The van der Waals surface area contributed by atoms with Crippen LogP contribution < -0.4 is 5.73 Å². The zero-order valence-electron chi connectivity index (χ0n) is 12.6. The van der Waals surface area contributed by atoms with Crippen LogP contribution in [0.5, 0.6) is 0 Å². The van der Waals surface area contributed by atoms with Crippen LogP contribution in [0.1, 0.15) is 41.0 Å². The van der Waals surface area contributed by atoms with E-state index >= 15 is 0 Å². The van der Waals surface area contributed by atoms with Crippen molar-refractivity contribution in [1.82, 2.24) is 9.78 Å². The second-order valence-corrected chi connectivity index (χ2v) is 6.13. The lowest BCUT2D eigenvalue weighted by Crippen LogP contribution is -2.17. The molecule has 0 amide bonds. The average Bonchev–Trinajstić information content (AvgIpc) is 2.66. The molecule has 2 rings (SSSR count). The highest BCUT2D eigenvalue weighted by atomic mass is 79.9. The smallest absolute Gasteiger partial charge is 0.0738 e. The number of aromatic nitrogens is 2. The molecule has 0 aliphatic heterocycles. The standard InChI is InChI=1S/C16H22BrN3/c1-5-20-15(16(17)12(4)19-20)9-14(18)13-7-6-10(2)8-11(13)3/h6-8,14H,5,9,18H2,1-4H3. The molecular formula is C16H22BrN3. The lowest BCUT2D eigenvalue weighted by Gasteiger charge is -2.16. The molecule has 0 aliphatic carbocycles. The van der Waals surface area contributed by atoms with E-state index in [1.54, 1.807) is 0 Å². The van der Waals surface area contributed by atoms with E-state index in [4.69, 9.17) is 5.73 Å². The number of nitrogens with two attached hydrogens (primary N) is 1. The van der Waals surface area contributed by atoms with Crippen LogP contribution in [0.25, 0.3) is 0 Å². The Kier molecular flexibility index (Phi) is 4.66. The number of nitrogens with zero attached hydrogens (tertiary/aromatic N) is 2. The van der Waals surface area contributed by atoms with Gasteiger partial charge in [-0.15, -0.1) is 0 Å². The van der Waals surface area contributed by atoms with Gasteiger partial charge >= 0.3 is 0 Å². The third-order valence-electron chi connectivity index (χ3n) is 3.69. The number of hydrogen-bond donors (Lipinski definition) is 1. The van der Waals surface area contributed by atoms with Crippen LogP contribution in [-0.4, -0.2) is 9.78 Å². The van der Waals surface area contributed by atoms with Crippen LogP contribution in [0.4, 0.5) is 0 Å². The second-order valence-electron chi connectivity index (χ2n) is 5.33. The molecule has 1 aromatic heterocycles. The normalized spacial score (nSPS) is 12.7. The summed E-state index contributed by atoms with van der Waals surface area (Å²) in [6.45, 7) is 9.21. The van der Waals surface area contributed by atoms with Crippen LogP contribution in [-0.2, 0) is 13.0 Å². The summed E-state index contributed by atoms with van der Waals surface area (Å²) in [4.78, 5) is 0.